The van der Waals surface area contributed by atoms with Crippen molar-refractivity contribution in [1.82, 2.24) is 4.98 Å². The van der Waals surface area contributed by atoms with E-state index >= 15 is 0 Å². The molecule has 5 heteroatoms. The summed E-state index contributed by atoms with van der Waals surface area (Å²) in [6.45, 7) is 0. The number of fused-ring (bicyclic) bond motifs is 1. The molecule has 0 spiro atoms. The summed E-state index contributed by atoms with van der Waals surface area (Å²) in [5.74, 6) is 5.13. The van der Waals surface area contributed by atoms with Crippen molar-refractivity contribution in [3.05, 3.63) is 66.5 Å². The number of carbonyl (C=O) groups excluding carboxylic acids is 1. The summed E-state index contributed by atoms with van der Waals surface area (Å²) >= 11 is 0. The lowest BCUT2D eigenvalue weighted by atomic mass is 10.1. The quantitative estimate of drug-likeness (QED) is 0.508. The third kappa shape index (κ3) is 2.68. The molecule has 2 aromatic carbocycles. The zero-order valence-electron chi connectivity index (χ0n) is 11.2. The number of anilines is 2. The monoisotopic (exact) mass is 278 g/mol. The molecule has 104 valence electrons. The number of benzene rings is 2. The number of hydrogen-bond acceptors (Lipinski definition) is 4. The van der Waals surface area contributed by atoms with Gasteiger partial charge in [0.05, 0.1) is 5.69 Å². The Hall–Kier alpha value is -2.92. The highest BCUT2D eigenvalue weighted by Crippen LogP contribution is 2.22. The molecule has 3 aromatic rings. The zero-order valence-corrected chi connectivity index (χ0v) is 11.2. The van der Waals surface area contributed by atoms with Crippen molar-refractivity contribution >= 4 is 28.1 Å². The van der Waals surface area contributed by atoms with E-state index in [0.717, 1.165) is 22.1 Å². The van der Waals surface area contributed by atoms with Crippen LogP contribution in [0.1, 0.15) is 10.4 Å². The van der Waals surface area contributed by atoms with Crippen LogP contribution >= 0.6 is 0 Å². The number of pyridine rings is 1. The number of hydrazine groups is 1. The van der Waals surface area contributed by atoms with E-state index in [1.165, 1.54) is 0 Å². The van der Waals surface area contributed by atoms with Gasteiger partial charge in [0.1, 0.15) is 0 Å². The number of hydrogen-bond donors (Lipinski definition) is 3. The first-order valence-corrected chi connectivity index (χ1v) is 6.49. The molecule has 0 aliphatic carbocycles. The molecular formula is C16H14N4O. The molecule has 1 heterocycles. The molecule has 0 fully saturated rings. The topological polar surface area (TPSA) is 80.0 Å². The molecule has 1 amide bonds. The fraction of sp³-hybridized carbons (Fsp3) is 0. The standard InChI is InChI=1S/C16H14N4O/c17-20-13-6-4-12(5-7-13)16(21)19-15-3-1-2-11-8-9-18-10-14(11)15/h1-10,20H,17H2,(H,19,21). The van der Waals surface area contributed by atoms with Crippen LogP contribution in [0.25, 0.3) is 10.8 Å². The van der Waals surface area contributed by atoms with Crippen LogP contribution in [0.3, 0.4) is 0 Å². The van der Waals surface area contributed by atoms with E-state index in [1.807, 2.05) is 24.3 Å². The van der Waals surface area contributed by atoms with Crippen molar-refractivity contribution in [3.8, 4) is 0 Å². The van der Waals surface area contributed by atoms with E-state index in [4.69, 9.17) is 5.84 Å². The molecule has 4 N–H and O–H groups in total. The van der Waals surface area contributed by atoms with E-state index in [0.29, 0.717) is 5.56 Å². The highest BCUT2D eigenvalue weighted by atomic mass is 16.1. The minimum Gasteiger partial charge on any atom is -0.324 e. The van der Waals surface area contributed by atoms with Crippen LogP contribution in [0.2, 0.25) is 0 Å². The van der Waals surface area contributed by atoms with E-state index in [2.05, 4.69) is 15.7 Å². The highest BCUT2D eigenvalue weighted by molar-refractivity contribution is 6.09. The van der Waals surface area contributed by atoms with E-state index in [9.17, 15) is 4.79 Å². The van der Waals surface area contributed by atoms with Crippen molar-refractivity contribution in [2.24, 2.45) is 5.84 Å². The minimum absolute atomic E-state index is 0.171. The van der Waals surface area contributed by atoms with Gasteiger partial charge in [0.15, 0.2) is 0 Å². The van der Waals surface area contributed by atoms with Crippen molar-refractivity contribution in [1.29, 1.82) is 0 Å². The summed E-state index contributed by atoms with van der Waals surface area (Å²) in [7, 11) is 0. The first kappa shape index (κ1) is 13.1. The second-order valence-corrected chi connectivity index (χ2v) is 4.58. The van der Waals surface area contributed by atoms with Gasteiger partial charge in [-0.3, -0.25) is 15.6 Å². The van der Waals surface area contributed by atoms with Gasteiger partial charge < -0.3 is 10.7 Å². The summed E-state index contributed by atoms with van der Waals surface area (Å²) in [5.41, 5.74) is 4.58. The molecule has 0 bridgehead atoms. The molecule has 3 rings (SSSR count). The van der Waals surface area contributed by atoms with Crippen LogP contribution in [0.4, 0.5) is 11.4 Å². The van der Waals surface area contributed by atoms with Crippen LogP contribution in [-0.2, 0) is 0 Å². The Morgan fingerprint density at radius 1 is 1.05 bits per heavy atom. The molecule has 5 nitrogen and oxygen atoms in total. The summed E-state index contributed by atoms with van der Waals surface area (Å²) in [6, 6.07) is 14.6. The molecule has 0 aliphatic rings. The predicted molar refractivity (Wildman–Crippen MR) is 83.9 cm³/mol. The molecule has 1 aromatic heterocycles. The largest absolute Gasteiger partial charge is 0.324 e. The fourth-order valence-corrected chi connectivity index (χ4v) is 2.13. The number of nitrogen functional groups attached to an aromatic ring is 1. The van der Waals surface area contributed by atoms with Gasteiger partial charge in [-0.25, -0.2) is 0 Å². The Morgan fingerprint density at radius 2 is 1.86 bits per heavy atom. The summed E-state index contributed by atoms with van der Waals surface area (Å²) < 4.78 is 0. The Bertz CT molecular complexity index is 778. The van der Waals surface area contributed by atoms with Crippen molar-refractivity contribution < 1.29 is 4.79 Å². The predicted octanol–water partition coefficient (Wildman–Crippen LogP) is 2.77. The smallest absolute Gasteiger partial charge is 0.255 e. The average Bonchev–Trinajstić information content (AvgIpc) is 2.55. The lowest BCUT2D eigenvalue weighted by Crippen LogP contribution is -2.12. The maximum absolute atomic E-state index is 12.3. The van der Waals surface area contributed by atoms with Crippen molar-refractivity contribution in [2.75, 3.05) is 10.7 Å². The molecule has 0 saturated heterocycles. The summed E-state index contributed by atoms with van der Waals surface area (Å²) in [4.78, 5) is 16.4. The Morgan fingerprint density at radius 3 is 2.62 bits per heavy atom. The second-order valence-electron chi connectivity index (χ2n) is 4.58. The van der Waals surface area contributed by atoms with E-state index in [-0.39, 0.29) is 5.91 Å². The van der Waals surface area contributed by atoms with Gasteiger partial charge >= 0.3 is 0 Å². The normalized spacial score (nSPS) is 10.3. The lowest BCUT2D eigenvalue weighted by molar-refractivity contribution is 0.102. The van der Waals surface area contributed by atoms with Crippen LogP contribution in [0.5, 0.6) is 0 Å². The number of nitrogens with one attached hydrogen (secondary N) is 2. The number of nitrogens with two attached hydrogens (primary N) is 1. The highest BCUT2D eigenvalue weighted by Gasteiger charge is 2.08. The molecule has 0 saturated carbocycles. The lowest BCUT2D eigenvalue weighted by Gasteiger charge is -2.09. The van der Waals surface area contributed by atoms with Crippen molar-refractivity contribution in [3.63, 3.8) is 0 Å². The molecule has 0 atom stereocenters. The Balaban J connectivity index is 1.89. The maximum Gasteiger partial charge on any atom is 0.255 e. The molecule has 0 unspecified atom stereocenters. The SMILES string of the molecule is NNc1ccc(C(=O)Nc2cccc3ccncc23)cc1. The van der Waals surface area contributed by atoms with Gasteiger partial charge in [-0.15, -0.1) is 0 Å². The molecular weight excluding hydrogens is 264 g/mol. The third-order valence-corrected chi connectivity index (χ3v) is 3.25. The average molecular weight is 278 g/mol. The van der Waals surface area contributed by atoms with E-state index < -0.39 is 0 Å². The number of nitrogens with zero attached hydrogens (tertiary/aromatic N) is 1. The molecule has 0 radical (unpaired) electrons. The van der Waals surface area contributed by atoms with Crippen LogP contribution < -0.4 is 16.6 Å². The summed E-state index contributed by atoms with van der Waals surface area (Å²) in [5, 5.41) is 4.85. The van der Waals surface area contributed by atoms with Gasteiger partial charge in [0.2, 0.25) is 0 Å². The van der Waals surface area contributed by atoms with Crippen LogP contribution in [0, 0.1) is 0 Å². The third-order valence-electron chi connectivity index (χ3n) is 3.25. The van der Waals surface area contributed by atoms with Gasteiger partial charge in [-0.2, -0.15) is 0 Å². The van der Waals surface area contributed by atoms with Crippen LogP contribution in [-0.4, -0.2) is 10.9 Å². The summed E-state index contributed by atoms with van der Waals surface area (Å²) in [6.07, 6.45) is 3.47. The first-order chi connectivity index (χ1) is 10.3. The van der Waals surface area contributed by atoms with Gasteiger partial charge in [0.25, 0.3) is 5.91 Å². The second kappa shape index (κ2) is 5.60. The van der Waals surface area contributed by atoms with E-state index in [1.54, 1.807) is 36.7 Å². The van der Waals surface area contributed by atoms with Gasteiger partial charge in [-0.1, -0.05) is 12.1 Å². The number of carbonyl (C=O) groups is 1. The number of amides is 1. The minimum atomic E-state index is -0.171. The zero-order chi connectivity index (χ0) is 14.7. The van der Waals surface area contributed by atoms with Gasteiger partial charge in [0, 0.05) is 29.0 Å². The van der Waals surface area contributed by atoms with Gasteiger partial charge in [-0.05, 0) is 41.8 Å². The molecule has 0 aliphatic heterocycles. The maximum atomic E-state index is 12.3. The Kier molecular flexibility index (Phi) is 3.49. The Labute approximate surface area is 121 Å². The fourth-order valence-electron chi connectivity index (χ4n) is 2.13. The number of aromatic nitrogens is 1. The molecule has 21 heavy (non-hydrogen) atoms. The van der Waals surface area contributed by atoms with Crippen LogP contribution in [0.15, 0.2) is 60.9 Å². The van der Waals surface area contributed by atoms with Crippen molar-refractivity contribution in [2.45, 2.75) is 0 Å². The first-order valence-electron chi connectivity index (χ1n) is 6.49. The number of rotatable bonds is 3.